The van der Waals surface area contributed by atoms with Crippen LogP contribution in [0.5, 0.6) is 0 Å². The normalized spacial score (nSPS) is 10.5. The molecule has 2 N–H and O–H groups in total. The number of hydrogen-bond donors (Lipinski definition) is 2. The number of aryl methyl sites for hydroxylation is 1. The fraction of sp³-hybridized carbons (Fsp3) is 0.333. The molecule has 6 nitrogen and oxygen atoms in total. The summed E-state index contributed by atoms with van der Waals surface area (Å²) < 4.78 is 0.648. The predicted octanol–water partition coefficient (Wildman–Crippen LogP) is 2.09. The number of hydrogen-bond acceptors (Lipinski definition) is 8. The van der Waals surface area contributed by atoms with Crippen molar-refractivity contribution >= 4 is 45.5 Å². The van der Waals surface area contributed by atoms with E-state index < -0.39 is 5.97 Å². The third kappa shape index (κ3) is 3.93. The van der Waals surface area contributed by atoms with E-state index in [2.05, 4.69) is 20.5 Å². The van der Waals surface area contributed by atoms with Crippen LogP contribution in [0.15, 0.2) is 10.5 Å². The summed E-state index contributed by atoms with van der Waals surface area (Å²) in [6.45, 7) is 2.61. The van der Waals surface area contributed by atoms with E-state index in [0.29, 0.717) is 16.0 Å². The fourth-order valence-electron chi connectivity index (χ4n) is 1.10. The molecule has 9 heteroatoms. The summed E-state index contributed by atoms with van der Waals surface area (Å²) in [4.78, 5) is 15.8. The average Bonchev–Trinajstić information content (AvgIpc) is 2.93. The van der Waals surface area contributed by atoms with Gasteiger partial charge in [-0.25, -0.2) is 4.98 Å². The molecule has 0 bridgehead atoms. The Balaban J connectivity index is 1.84. The lowest BCUT2D eigenvalue weighted by molar-refractivity contribution is -0.133. The first-order valence-electron chi connectivity index (χ1n) is 4.97. The van der Waals surface area contributed by atoms with Gasteiger partial charge in [0.25, 0.3) is 0 Å². The lowest BCUT2D eigenvalue weighted by atomic mass is 10.6. The highest BCUT2D eigenvalue weighted by Crippen LogP contribution is 2.25. The van der Waals surface area contributed by atoms with Crippen molar-refractivity contribution in [2.24, 2.45) is 0 Å². The van der Waals surface area contributed by atoms with Gasteiger partial charge in [-0.3, -0.25) is 4.79 Å². The Labute approximate surface area is 115 Å². The molecule has 2 heterocycles. The van der Waals surface area contributed by atoms with E-state index in [1.807, 2.05) is 13.1 Å². The third-order valence-electron chi connectivity index (χ3n) is 1.79. The number of carboxylic acids is 1. The first-order chi connectivity index (χ1) is 8.63. The maximum absolute atomic E-state index is 10.4. The Morgan fingerprint density at radius 1 is 1.50 bits per heavy atom. The summed E-state index contributed by atoms with van der Waals surface area (Å²) >= 11 is 4.14. The Morgan fingerprint density at radius 2 is 2.33 bits per heavy atom. The molecule has 0 aliphatic carbocycles. The summed E-state index contributed by atoms with van der Waals surface area (Å²) in [6, 6.07) is 0. The molecule has 2 aromatic rings. The summed E-state index contributed by atoms with van der Waals surface area (Å²) in [5.74, 6) is -0.858. The van der Waals surface area contributed by atoms with Crippen LogP contribution in [0.25, 0.3) is 0 Å². The maximum atomic E-state index is 10.4. The zero-order valence-electron chi connectivity index (χ0n) is 9.41. The zero-order valence-corrected chi connectivity index (χ0v) is 11.9. The number of carboxylic acid groups (broad SMARTS) is 1. The van der Waals surface area contributed by atoms with E-state index in [1.54, 1.807) is 11.3 Å². The molecule has 0 fully saturated rings. The molecular weight excluding hydrogens is 292 g/mol. The Morgan fingerprint density at radius 3 is 3.00 bits per heavy atom. The van der Waals surface area contributed by atoms with Crippen LogP contribution in [0.3, 0.4) is 0 Å². The number of rotatable bonds is 6. The van der Waals surface area contributed by atoms with Gasteiger partial charge in [0.15, 0.2) is 4.34 Å². The van der Waals surface area contributed by atoms with E-state index in [1.165, 1.54) is 28.0 Å². The van der Waals surface area contributed by atoms with Crippen molar-refractivity contribution < 1.29 is 9.90 Å². The number of nitrogens with zero attached hydrogens (tertiary/aromatic N) is 3. The van der Waals surface area contributed by atoms with Gasteiger partial charge >= 0.3 is 5.97 Å². The van der Waals surface area contributed by atoms with Crippen LogP contribution in [0, 0.1) is 6.92 Å². The van der Waals surface area contributed by atoms with Gasteiger partial charge in [0.1, 0.15) is 5.01 Å². The van der Waals surface area contributed by atoms with E-state index >= 15 is 0 Å². The maximum Gasteiger partial charge on any atom is 0.313 e. The monoisotopic (exact) mass is 302 g/mol. The lowest BCUT2D eigenvalue weighted by Gasteiger charge is -1.96. The molecule has 0 aromatic carbocycles. The molecule has 0 radical (unpaired) electrons. The number of anilines is 1. The van der Waals surface area contributed by atoms with E-state index in [-0.39, 0.29) is 5.75 Å². The van der Waals surface area contributed by atoms with Crippen LogP contribution in [0.4, 0.5) is 5.13 Å². The van der Waals surface area contributed by atoms with Crippen LogP contribution >= 0.6 is 34.4 Å². The van der Waals surface area contributed by atoms with Crippen LogP contribution in [0.2, 0.25) is 0 Å². The molecule has 0 aliphatic heterocycles. The topological polar surface area (TPSA) is 88.0 Å². The van der Waals surface area contributed by atoms with Gasteiger partial charge in [0.2, 0.25) is 5.13 Å². The fourth-order valence-corrected chi connectivity index (χ4v) is 3.29. The van der Waals surface area contributed by atoms with Gasteiger partial charge in [-0.15, -0.1) is 21.5 Å². The van der Waals surface area contributed by atoms with Crippen molar-refractivity contribution in [3.63, 3.8) is 0 Å². The molecule has 2 rings (SSSR count). The summed E-state index contributed by atoms with van der Waals surface area (Å²) in [7, 11) is 0. The number of nitrogens with one attached hydrogen (secondary N) is 1. The van der Waals surface area contributed by atoms with Crippen molar-refractivity contribution in [1.82, 2.24) is 15.2 Å². The van der Waals surface area contributed by atoms with Gasteiger partial charge in [-0.05, 0) is 6.92 Å². The second-order valence-electron chi connectivity index (χ2n) is 3.27. The average molecular weight is 302 g/mol. The zero-order chi connectivity index (χ0) is 13.0. The van der Waals surface area contributed by atoms with Crippen molar-refractivity contribution in [2.75, 3.05) is 11.1 Å². The molecule has 0 spiro atoms. The number of aliphatic carboxylic acids is 1. The molecular formula is C9H10N4O2S3. The Kier molecular flexibility index (Phi) is 4.50. The van der Waals surface area contributed by atoms with Crippen LogP contribution in [0.1, 0.15) is 9.88 Å². The second-order valence-corrected chi connectivity index (χ2v) is 6.79. The van der Waals surface area contributed by atoms with Crippen molar-refractivity contribution in [3.05, 3.63) is 16.1 Å². The minimum atomic E-state index is -0.858. The van der Waals surface area contributed by atoms with Crippen LogP contribution in [-0.2, 0) is 11.3 Å². The summed E-state index contributed by atoms with van der Waals surface area (Å²) in [5.41, 5.74) is 0. The SMILES string of the molecule is Cc1cnc(CNc2nnc(SCC(=O)O)s2)s1. The number of thiazole rings is 1. The predicted molar refractivity (Wildman–Crippen MR) is 72.4 cm³/mol. The molecule has 0 aliphatic rings. The lowest BCUT2D eigenvalue weighted by Crippen LogP contribution is -1.97. The van der Waals surface area contributed by atoms with Crippen molar-refractivity contribution in [1.29, 1.82) is 0 Å². The Bertz CT molecular complexity index is 539. The molecule has 0 atom stereocenters. The van der Waals surface area contributed by atoms with Crippen LogP contribution < -0.4 is 5.32 Å². The molecule has 2 aromatic heterocycles. The quantitative estimate of drug-likeness (QED) is 0.790. The number of aromatic nitrogens is 3. The summed E-state index contributed by atoms with van der Waals surface area (Å²) in [5, 5.41) is 21.2. The second kappa shape index (κ2) is 6.12. The molecule has 0 unspecified atom stereocenters. The molecule has 18 heavy (non-hydrogen) atoms. The third-order valence-corrected chi connectivity index (χ3v) is 4.70. The number of carbonyl (C=O) groups is 1. The minimum Gasteiger partial charge on any atom is -0.481 e. The highest BCUT2D eigenvalue weighted by atomic mass is 32.2. The van der Waals surface area contributed by atoms with Crippen molar-refractivity contribution in [3.8, 4) is 0 Å². The van der Waals surface area contributed by atoms with E-state index in [0.717, 1.165) is 5.01 Å². The standard InChI is InChI=1S/C9H10N4O2S3/c1-5-2-10-6(17-5)3-11-8-12-13-9(18-8)16-4-7(14)15/h2H,3-4H2,1H3,(H,11,12)(H,14,15). The van der Waals surface area contributed by atoms with E-state index in [9.17, 15) is 4.79 Å². The molecule has 0 saturated heterocycles. The number of thioether (sulfide) groups is 1. The molecule has 0 saturated carbocycles. The van der Waals surface area contributed by atoms with Gasteiger partial charge < -0.3 is 10.4 Å². The minimum absolute atomic E-state index is 0.000306. The van der Waals surface area contributed by atoms with E-state index in [4.69, 9.17) is 5.11 Å². The highest BCUT2D eigenvalue weighted by molar-refractivity contribution is 8.01. The van der Waals surface area contributed by atoms with Gasteiger partial charge in [0.05, 0.1) is 12.3 Å². The largest absolute Gasteiger partial charge is 0.481 e. The van der Waals surface area contributed by atoms with Crippen molar-refractivity contribution in [2.45, 2.75) is 17.8 Å². The summed E-state index contributed by atoms with van der Waals surface area (Å²) in [6.07, 6.45) is 1.83. The van der Waals surface area contributed by atoms with Gasteiger partial charge in [-0.2, -0.15) is 0 Å². The first-order valence-corrected chi connectivity index (χ1v) is 7.58. The van der Waals surface area contributed by atoms with Gasteiger partial charge in [-0.1, -0.05) is 23.1 Å². The van der Waals surface area contributed by atoms with Gasteiger partial charge in [0, 0.05) is 11.1 Å². The smallest absolute Gasteiger partial charge is 0.313 e. The first kappa shape index (κ1) is 13.2. The molecule has 0 amide bonds. The molecule has 96 valence electrons. The van der Waals surface area contributed by atoms with Crippen LogP contribution in [-0.4, -0.2) is 32.0 Å². The highest BCUT2D eigenvalue weighted by Gasteiger charge is 2.07. The Hall–Kier alpha value is -1.19.